The van der Waals surface area contributed by atoms with Gasteiger partial charge in [0.05, 0.1) is 0 Å². The van der Waals surface area contributed by atoms with Crippen molar-refractivity contribution in [2.24, 2.45) is 11.8 Å². The van der Waals surface area contributed by atoms with E-state index in [1.54, 1.807) is 13.8 Å². The normalized spacial score (nSPS) is 37.5. The molecule has 21 heavy (non-hydrogen) atoms. The predicted molar refractivity (Wildman–Crippen MR) is 88.3 cm³/mol. The summed E-state index contributed by atoms with van der Waals surface area (Å²) in [6, 6.07) is 1.45. The van der Waals surface area contributed by atoms with Gasteiger partial charge >= 0.3 is 0 Å². The van der Waals surface area contributed by atoms with Crippen molar-refractivity contribution in [3.05, 3.63) is 12.7 Å². The Balaban J connectivity index is 2.05. The van der Waals surface area contributed by atoms with E-state index >= 15 is 0 Å². The average Bonchev–Trinajstić information content (AvgIpc) is 2.68. The number of nitrogens with one attached hydrogen (secondary N) is 1. The molecule has 2 saturated heterocycles. The van der Waals surface area contributed by atoms with Crippen molar-refractivity contribution in [1.82, 2.24) is 10.2 Å². The van der Waals surface area contributed by atoms with Crippen LogP contribution >= 0.6 is 0 Å². The van der Waals surface area contributed by atoms with E-state index in [1.807, 2.05) is 6.08 Å². The maximum Gasteiger partial charge on any atom is 0.118 e. The van der Waals surface area contributed by atoms with Gasteiger partial charge in [0.25, 0.3) is 0 Å². The molecular weight excluding hydrogens is 263 g/mol. The van der Waals surface area contributed by atoms with Crippen molar-refractivity contribution in [2.75, 3.05) is 13.1 Å². The van der Waals surface area contributed by atoms with Gasteiger partial charge in [-0.1, -0.05) is 25.8 Å². The molecule has 0 amide bonds. The molecule has 0 aromatic carbocycles. The van der Waals surface area contributed by atoms with Crippen LogP contribution in [0.25, 0.3) is 0 Å². The largest absolute Gasteiger partial charge is 0.310 e. The third kappa shape index (κ3) is 4.07. The lowest BCUT2D eigenvalue weighted by molar-refractivity contribution is 0.0545. The van der Waals surface area contributed by atoms with Crippen LogP contribution in [-0.2, 0) is 0 Å². The van der Waals surface area contributed by atoms with Crippen LogP contribution in [-0.4, -0.2) is 41.8 Å². The van der Waals surface area contributed by atoms with E-state index in [0.29, 0.717) is 24.7 Å². The number of likely N-dealkylation sites (tertiary alicyclic amines) is 1. The first-order valence-corrected chi connectivity index (χ1v) is 8.67. The van der Waals surface area contributed by atoms with Crippen LogP contribution in [0.1, 0.15) is 53.4 Å². The van der Waals surface area contributed by atoms with E-state index in [1.165, 1.54) is 19.3 Å². The van der Waals surface area contributed by atoms with Crippen LogP contribution in [0, 0.1) is 11.8 Å². The van der Waals surface area contributed by atoms with Gasteiger partial charge in [-0.25, -0.2) is 4.39 Å². The Morgan fingerprint density at radius 2 is 2.14 bits per heavy atom. The van der Waals surface area contributed by atoms with Crippen LogP contribution in [0.3, 0.4) is 0 Å². The van der Waals surface area contributed by atoms with Gasteiger partial charge in [-0.2, -0.15) is 0 Å². The van der Waals surface area contributed by atoms with Crippen LogP contribution in [0.15, 0.2) is 12.7 Å². The predicted octanol–water partition coefficient (Wildman–Crippen LogP) is 3.78. The molecule has 0 saturated carbocycles. The number of piperidine rings is 1. The minimum Gasteiger partial charge on any atom is -0.310 e. The number of halogens is 1. The van der Waals surface area contributed by atoms with Crippen molar-refractivity contribution in [3.63, 3.8) is 0 Å². The molecule has 1 N–H and O–H groups in total. The van der Waals surface area contributed by atoms with Gasteiger partial charge in [-0.15, -0.1) is 6.58 Å². The Morgan fingerprint density at radius 3 is 2.71 bits per heavy atom. The third-order valence-electron chi connectivity index (χ3n) is 5.34. The molecular formula is C18H33FN2. The van der Waals surface area contributed by atoms with E-state index in [9.17, 15) is 4.39 Å². The summed E-state index contributed by atoms with van der Waals surface area (Å²) in [4.78, 5) is 2.29. The maximum atomic E-state index is 14.1. The zero-order valence-corrected chi connectivity index (χ0v) is 14.2. The lowest BCUT2D eigenvalue weighted by Gasteiger charge is -2.43. The van der Waals surface area contributed by atoms with E-state index < -0.39 is 5.67 Å². The molecule has 0 aromatic heterocycles. The Morgan fingerprint density at radius 1 is 1.43 bits per heavy atom. The van der Waals surface area contributed by atoms with Gasteiger partial charge in [0.2, 0.25) is 0 Å². The summed E-state index contributed by atoms with van der Waals surface area (Å²) in [6.07, 6.45) is 7.08. The highest BCUT2D eigenvalue weighted by atomic mass is 19.1. The van der Waals surface area contributed by atoms with Gasteiger partial charge < -0.3 is 5.32 Å². The minimum atomic E-state index is -1.14. The molecule has 2 nitrogen and oxygen atoms in total. The SMILES string of the molecule is C=C[C@@H]1CC2C(CN1CC(C)(C)F)NC(C)C2CCCC. The molecule has 2 fully saturated rings. The van der Waals surface area contributed by atoms with Crippen molar-refractivity contribution in [3.8, 4) is 0 Å². The highest BCUT2D eigenvalue weighted by Gasteiger charge is 2.45. The molecule has 0 aliphatic carbocycles. The first-order chi connectivity index (χ1) is 9.85. The molecule has 0 spiro atoms. The molecule has 0 aromatic rings. The fraction of sp³-hybridized carbons (Fsp3) is 0.889. The summed E-state index contributed by atoms with van der Waals surface area (Å²) in [7, 11) is 0. The molecule has 0 radical (unpaired) electrons. The maximum absolute atomic E-state index is 14.1. The summed E-state index contributed by atoms with van der Waals surface area (Å²) < 4.78 is 14.1. The monoisotopic (exact) mass is 296 g/mol. The number of nitrogens with zero attached hydrogens (tertiary/aromatic N) is 1. The summed E-state index contributed by atoms with van der Waals surface area (Å²) in [5.41, 5.74) is -1.14. The van der Waals surface area contributed by atoms with Crippen LogP contribution in [0.4, 0.5) is 4.39 Å². The van der Waals surface area contributed by atoms with Gasteiger partial charge in [-0.3, -0.25) is 4.90 Å². The van der Waals surface area contributed by atoms with Crippen LogP contribution in [0.2, 0.25) is 0 Å². The second kappa shape index (κ2) is 6.78. The molecule has 2 rings (SSSR count). The first-order valence-electron chi connectivity index (χ1n) is 8.67. The molecule has 3 heteroatoms. The Hall–Kier alpha value is -0.410. The molecule has 2 aliphatic rings. The zero-order chi connectivity index (χ0) is 15.6. The summed E-state index contributed by atoms with van der Waals surface area (Å²) in [6.45, 7) is 13.4. The lowest BCUT2D eigenvalue weighted by atomic mass is 9.77. The highest BCUT2D eigenvalue weighted by Crippen LogP contribution is 2.39. The summed E-state index contributed by atoms with van der Waals surface area (Å²) >= 11 is 0. The van der Waals surface area contributed by atoms with Crippen molar-refractivity contribution in [1.29, 1.82) is 0 Å². The Labute approximate surface area is 130 Å². The van der Waals surface area contributed by atoms with Crippen molar-refractivity contribution in [2.45, 2.75) is 77.2 Å². The molecule has 4 unspecified atom stereocenters. The standard InChI is InChI=1S/C18H33FN2/c1-6-8-9-15-13(3)20-17-11-21(12-18(4,5)19)14(7-2)10-16(15)17/h7,13-17,20H,2,6,8-12H2,1,3-5H3/t13?,14-,15?,16?,17?/m1/s1. The second-order valence-electron chi connectivity index (χ2n) is 7.72. The van der Waals surface area contributed by atoms with Gasteiger partial charge in [0, 0.05) is 31.2 Å². The van der Waals surface area contributed by atoms with Crippen LogP contribution < -0.4 is 5.32 Å². The summed E-state index contributed by atoms with van der Waals surface area (Å²) in [5, 5.41) is 3.78. The molecule has 2 heterocycles. The first kappa shape index (κ1) is 17.0. The van der Waals surface area contributed by atoms with Crippen LogP contribution in [0.5, 0.6) is 0 Å². The number of hydrogen-bond acceptors (Lipinski definition) is 2. The highest BCUT2D eigenvalue weighted by molar-refractivity contribution is 5.06. The quantitative estimate of drug-likeness (QED) is 0.750. The lowest BCUT2D eigenvalue weighted by Crippen LogP contribution is -2.54. The van der Waals surface area contributed by atoms with E-state index in [4.69, 9.17) is 0 Å². The average molecular weight is 296 g/mol. The number of unbranched alkanes of at least 4 members (excludes halogenated alkanes) is 1. The molecule has 2 aliphatic heterocycles. The number of rotatable bonds is 6. The fourth-order valence-electron chi connectivity index (χ4n) is 4.41. The second-order valence-corrected chi connectivity index (χ2v) is 7.72. The third-order valence-corrected chi connectivity index (χ3v) is 5.34. The van der Waals surface area contributed by atoms with E-state index in [2.05, 4.69) is 30.6 Å². The molecule has 5 atom stereocenters. The topological polar surface area (TPSA) is 15.3 Å². The molecule has 122 valence electrons. The zero-order valence-electron chi connectivity index (χ0n) is 14.2. The number of alkyl halides is 1. The Kier molecular flexibility index (Phi) is 5.48. The van der Waals surface area contributed by atoms with Gasteiger partial charge in [0.1, 0.15) is 5.67 Å². The molecule has 0 bridgehead atoms. The van der Waals surface area contributed by atoms with Gasteiger partial charge in [-0.05, 0) is 45.4 Å². The van der Waals surface area contributed by atoms with E-state index in [-0.39, 0.29) is 0 Å². The van der Waals surface area contributed by atoms with E-state index in [0.717, 1.165) is 24.8 Å². The Bertz CT molecular complexity index is 350. The summed E-state index contributed by atoms with van der Waals surface area (Å²) in [5.74, 6) is 1.51. The van der Waals surface area contributed by atoms with Crippen molar-refractivity contribution < 1.29 is 4.39 Å². The fourth-order valence-corrected chi connectivity index (χ4v) is 4.41. The number of fused-ring (bicyclic) bond motifs is 1. The minimum absolute atomic E-state index is 0.331. The number of hydrogen-bond donors (Lipinski definition) is 1. The van der Waals surface area contributed by atoms with Gasteiger partial charge in [0.15, 0.2) is 0 Å². The van der Waals surface area contributed by atoms with Crippen molar-refractivity contribution >= 4 is 0 Å². The smallest absolute Gasteiger partial charge is 0.118 e.